The largest absolute Gasteiger partial charge is 0.508 e. The SMILES string of the molecule is CCOC(=O)/C=C/c1ccc(-c2ccc(O)cc2C23CC4CC(CC(C4)C2)C3)nc1. The molecule has 4 saturated carbocycles. The second kappa shape index (κ2) is 7.57. The molecule has 4 nitrogen and oxygen atoms in total. The van der Waals surface area contributed by atoms with Crippen LogP contribution in [0.15, 0.2) is 42.6 Å². The zero-order valence-electron chi connectivity index (χ0n) is 17.5. The highest BCUT2D eigenvalue weighted by Gasteiger charge is 2.52. The van der Waals surface area contributed by atoms with Crippen molar-refractivity contribution in [2.45, 2.75) is 50.9 Å². The maximum absolute atomic E-state index is 11.5. The van der Waals surface area contributed by atoms with E-state index >= 15 is 0 Å². The summed E-state index contributed by atoms with van der Waals surface area (Å²) in [7, 11) is 0. The lowest BCUT2D eigenvalue weighted by Crippen LogP contribution is -2.48. The number of hydrogen-bond donors (Lipinski definition) is 1. The number of ether oxygens (including phenoxy) is 1. The van der Waals surface area contributed by atoms with Gasteiger partial charge >= 0.3 is 5.97 Å². The van der Waals surface area contributed by atoms with Gasteiger partial charge in [0.15, 0.2) is 0 Å². The van der Waals surface area contributed by atoms with Gasteiger partial charge < -0.3 is 9.84 Å². The molecule has 0 spiro atoms. The predicted molar refractivity (Wildman–Crippen MR) is 117 cm³/mol. The number of carbonyl (C=O) groups excluding carboxylic acids is 1. The van der Waals surface area contributed by atoms with Crippen molar-refractivity contribution in [1.82, 2.24) is 4.98 Å². The molecule has 1 N–H and O–H groups in total. The van der Waals surface area contributed by atoms with Gasteiger partial charge in [0.1, 0.15) is 5.75 Å². The summed E-state index contributed by atoms with van der Waals surface area (Å²) in [5, 5.41) is 10.3. The van der Waals surface area contributed by atoms with E-state index in [4.69, 9.17) is 9.72 Å². The number of esters is 1. The Morgan fingerprint density at radius 1 is 1.13 bits per heavy atom. The second-order valence-electron chi connectivity index (χ2n) is 9.49. The summed E-state index contributed by atoms with van der Waals surface area (Å²) in [6.07, 6.45) is 12.9. The van der Waals surface area contributed by atoms with Crippen molar-refractivity contribution in [3.63, 3.8) is 0 Å². The normalized spacial score (nSPS) is 29.4. The first-order valence-corrected chi connectivity index (χ1v) is 11.2. The lowest BCUT2D eigenvalue weighted by molar-refractivity contribution is -0.137. The smallest absolute Gasteiger partial charge is 0.330 e. The molecular weight excluding hydrogens is 374 g/mol. The quantitative estimate of drug-likeness (QED) is 0.529. The van der Waals surface area contributed by atoms with Gasteiger partial charge in [-0.05, 0) is 110 Å². The van der Waals surface area contributed by atoms with Crippen molar-refractivity contribution in [1.29, 1.82) is 0 Å². The van der Waals surface area contributed by atoms with Crippen LogP contribution in [0, 0.1) is 17.8 Å². The maximum Gasteiger partial charge on any atom is 0.330 e. The van der Waals surface area contributed by atoms with Crippen molar-refractivity contribution in [3.8, 4) is 17.0 Å². The molecule has 0 radical (unpaired) electrons. The minimum Gasteiger partial charge on any atom is -0.508 e. The van der Waals surface area contributed by atoms with Crippen LogP contribution in [0.4, 0.5) is 0 Å². The second-order valence-corrected chi connectivity index (χ2v) is 9.49. The Hall–Kier alpha value is -2.62. The number of nitrogens with zero attached hydrogens (tertiary/aromatic N) is 1. The fourth-order valence-corrected chi connectivity index (χ4v) is 6.65. The summed E-state index contributed by atoms with van der Waals surface area (Å²) in [5.74, 6) is 2.53. The number of rotatable bonds is 5. The summed E-state index contributed by atoms with van der Waals surface area (Å²) < 4.78 is 4.93. The van der Waals surface area contributed by atoms with Gasteiger partial charge in [0.2, 0.25) is 0 Å². The highest BCUT2D eigenvalue weighted by molar-refractivity contribution is 5.87. The summed E-state index contributed by atoms with van der Waals surface area (Å²) in [6, 6.07) is 9.80. The van der Waals surface area contributed by atoms with E-state index in [2.05, 4.69) is 0 Å². The molecule has 4 fully saturated rings. The number of carbonyl (C=O) groups is 1. The predicted octanol–water partition coefficient (Wildman–Crippen LogP) is 5.50. The van der Waals surface area contributed by atoms with Gasteiger partial charge in [-0.2, -0.15) is 0 Å². The van der Waals surface area contributed by atoms with Gasteiger partial charge in [-0.3, -0.25) is 4.98 Å². The molecule has 156 valence electrons. The fraction of sp³-hybridized carbons (Fsp3) is 0.462. The van der Waals surface area contributed by atoms with Crippen LogP contribution in [0.1, 0.15) is 56.6 Å². The van der Waals surface area contributed by atoms with Gasteiger partial charge in [-0.25, -0.2) is 4.79 Å². The van der Waals surface area contributed by atoms with Gasteiger partial charge in [-0.15, -0.1) is 0 Å². The molecule has 1 heterocycles. The van der Waals surface area contributed by atoms with Crippen molar-refractivity contribution < 1.29 is 14.6 Å². The van der Waals surface area contributed by atoms with Gasteiger partial charge in [-0.1, -0.05) is 6.07 Å². The number of hydrogen-bond acceptors (Lipinski definition) is 4. The first-order chi connectivity index (χ1) is 14.5. The van der Waals surface area contributed by atoms with E-state index < -0.39 is 0 Å². The van der Waals surface area contributed by atoms with E-state index in [0.29, 0.717) is 12.4 Å². The molecule has 0 amide bonds. The third kappa shape index (κ3) is 3.53. The Labute approximate surface area is 178 Å². The Kier molecular flexibility index (Phi) is 4.88. The van der Waals surface area contributed by atoms with E-state index in [-0.39, 0.29) is 11.4 Å². The number of pyridine rings is 1. The zero-order chi connectivity index (χ0) is 20.7. The Balaban J connectivity index is 1.47. The lowest BCUT2D eigenvalue weighted by Gasteiger charge is -2.57. The standard InChI is InChI=1S/C26H29NO3/c1-2-30-25(29)8-4-17-3-7-24(27-16-17)22-6-5-21(28)12-23(22)26-13-18-9-19(14-26)11-20(10-18)15-26/h3-8,12,16,18-20,28H,2,9-11,13-15H2,1H3/b8-4+. The lowest BCUT2D eigenvalue weighted by atomic mass is 9.47. The van der Waals surface area contributed by atoms with Crippen molar-refractivity contribution in [2.75, 3.05) is 6.61 Å². The molecule has 4 heteroatoms. The molecule has 6 rings (SSSR count). The summed E-state index contributed by atoms with van der Waals surface area (Å²) in [5.41, 5.74) is 4.39. The Bertz CT molecular complexity index is 941. The third-order valence-electron chi connectivity index (χ3n) is 7.37. The Morgan fingerprint density at radius 2 is 1.83 bits per heavy atom. The molecule has 1 aromatic heterocycles. The van der Waals surface area contributed by atoms with Crippen LogP contribution in [0.5, 0.6) is 5.75 Å². The maximum atomic E-state index is 11.5. The minimum atomic E-state index is -0.343. The van der Waals surface area contributed by atoms with Crippen LogP contribution < -0.4 is 0 Å². The molecule has 4 aliphatic carbocycles. The van der Waals surface area contributed by atoms with Gasteiger partial charge in [0.05, 0.1) is 12.3 Å². The molecule has 4 aliphatic rings. The number of aromatic nitrogens is 1. The summed E-state index contributed by atoms with van der Waals surface area (Å²) in [6.45, 7) is 2.16. The average Bonchev–Trinajstić information content (AvgIpc) is 2.72. The molecule has 0 aliphatic heterocycles. The number of benzene rings is 1. The summed E-state index contributed by atoms with van der Waals surface area (Å²) >= 11 is 0. The molecule has 1 aromatic carbocycles. The average molecular weight is 404 g/mol. The molecular formula is C26H29NO3. The highest BCUT2D eigenvalue weighted by Crippen LogP contribution is 2.61. The van der Waals surface area contributed by atoms with E-state index in [9.17, 15) is 9.90 Å². The van der Waals surface area contributed by atoms with Crippen molar-refractivity contribution >= 4 is 12.0 Å². The molecule has 0 unspecified atom stereocenters. The molecule has 0 atom stereocenters. The van der Waals surface area contributed by atoms with E-state index in [1.165, 1.54) is 50.2 Å². The van der Waals surface area contributed by atoms with E-state index in [0.717, 1.165) is 34.6 Å². The van der Waals surface area contributed by atoms with Crippen molar-refractivity contribution in [3.05, 3.63) is 53.7 Å². The van der Waals surface area contributed by atoms with E-state index in [1.54, 1.807) is 25.3 Å². The first kappa shape index (κ1) is 19.3. The Morgan fingerprint density at radius 3 is 2.43 bits per heavy atom. The first-order valence-electron chi connectivity index (χ1n) is 11.2. The molecule has 2 aromatic rings. The van der Waals surface area contributed by atoms with Crippen LogP contribution in [-0.4, -0.2) is 22.7 Å². The van der Waals surface area contributed by atoms with Crippen LogP contribution in [0.2, 0.25) is 0 Å². The van der Waals surface area contributed by atoms with Crippen LogP contribution >= 0.6 is 0 Å². The number of phenols is 1. The van der Waals surface area contributed by atoms with Gasteiger partial charge in [0.25, 0.3) is 0 Å². The van der Waals surface area contributed by atoms with Crippen LogP contribution in [0.3, 0.4) is 0 Å². The van der Waals surface area contributed by atoms with Crippen molar-refractivity contribution in [2.24, 2.45) is 17.8 Å². The zero-order valence-corrected chi connectivity index (χ0v) is 17.5. The molecule has 30 heavy (non-hydrogen) atoms. The third-order valence-corrected chi connectivity index (χ3v) is 7.37. The molecule has 0 saturated heterocycles. The van der Waals surface area contributed by atoms with Crippen LogP contribution in [-0.2, 0) is 14.9 Å². The number of phenolic OH excluding ortho intramolecular Hbond substituents is 1. The van der Waals surface area contributed by atoms with Gasteiger partial charge in [0, 0.05) is 17.8 Å². The van der Waals surface area contributed by atoms with Crippen LogP contribution in [0.25, 0.3) is 17.3 Å². The molecule has 4 bridgehead atoms. The highest BCUT2D eigenvalue weighted by atomic mass is 16.5. The fourth-order valence-electron chi connectivity index (χ4n) is 6.65. The minimum absolute atomic E-state index is 0.187. The number of aromatic hydroxyl groups is 1. The monoisotopic (exact) mass is 403 g/mol. The topological polar surface area (TPSA) is 59.4 Å². The van der Waals surface area contributed by atoms with E-state index in [1.807, 2.05) is 24.3 Å². The summed E-state index contributed by atoms with van der Waals surface area (Å²) in [4.78, 5) is 16.2.